The lowest BCUT2D eigenvalue weighted by molar-refractivity contribution is -0.121. The summed E-state index contributed by atoms with van der Waals surface area (Å²) >= 11 is 0. The molecule has 1 fully saturated rings. The third-order valence-corrected chi connectivity index (χ3v) is 3.62. The van der Waals surface area contributed by atoms with Crippen LogP contribution in [0.2, 0.25) is 0 Å². The van der Waals surface area contributed by atoms with Crippen molar-refractivity contribution in [2.24, 2.45) is 11.8 Å². The van der Waals surface area contributed by atoms with Crippen LogP contribution in [0.3, 0.4) is 0 Å². The van der Waals surface area contributed by atoms with Gasteiger partial charge in [-0.1, -0.05) is 13.0 Å². The highest BCUT2D eigenvalue weighted by Crippen LogP contribution is 2.20. The zero-order chi connectivity index (χ0) is 15.2. The molecule has 6 heteroatoms. The molecule has 0 radical (unpaired) electrons. The number of methoxy groups -OCH3 is 1. The van der Waals surface area contributed by atoms with Gasteiger partial charge in [0.2, 0.25) is 11.8 Å². The molecule has 1 atom stereocenters. The number of benzene rings is 1. The van der Waals surface area contributed by atoms with E-state index >= 15 is 0 Å². The lowest BCUT2D eigenvalue weighted by Gasteiger charge is -2.31. The van der Waals surface area contributed by atoms with Crippen LogP contribution in [0.1, 0.15) is 6.92 Å². The van der Waals surface area contributed by atoms with Gasteiger partial charge in [0.1, 0.15) is 6.61 Å². The Hall–Kier alpha value is -1.92. The maximum Gasteiger partial charge on any atom is 0.250 e. The summed E-state index contributed by atoms with van der Waals surface area (Å²) in [5.74, 6) is 0.143. The summed E-state index contributed by atoms with van der Waals surface area (Å²) in [7, 11) is 1.47. The summed E-state index contributed by atoms with van der Waals surface area (Å²) in [5.41, 5.74) is 1.31. The first-order chi connectivity index (χ1) is 10.1. The fourth-order valence-corrected chi connectivity index (χ4v) is 2.14. The SMILES string of the molecule is COCC(=O)Nc1cccc(NC(=O)C(C)C2CNC2)c1. The van der Waals surface area contributed by atoms with Gasteiger partial charge in [-0.25, -0.2) is 0 Å². The Bertz CT molecular complexity index is 515. The molecule has 0 bridgehead atoms. The number of rotatable bonds is 6. The van der Waals surface area contributed by atoms with E-state index in [-0.39, 0.29) is 24.3 Å². The number of nitrogens with one attached hydrogen (secondary N) is 3. The van der Waals surface area contributed by atoms with E-state index < -0.39 is 0 Å². The molecule has 2 amide bonds. The first-order valence-electron chi connectivity index (χ1n) is 7.00. The van der Waals surface area contributed by atoms with E-state index in [4.69, 9.17) is 4.74 Å². The quantitative estimate of drug-likeness (QED) is 0.732. The largest absolute Gasteiger partial charge is 0.375 e. The van der Waals surface area contributed by atoms with Crippen molar-refractivity contribution in [3.05, 3.63) is 24.3 Å². The van der Waals surface area contributed by atoms with Crippen LogP contribution in [0, 0.1) is 11.8 Å². The van der Waals surface area contributed by atoms with Gasteiger partial charge in [-0.05, 0) is 37.2 Å². The minimum Gasteiger partial charge on any atom is -0.375 e. The molecule has 2 rings (SSSR count). The van der Waals surface area contributed by atoms with Gasteiger partial charge in [-0.2, -0.15) is 0 Å². The van der Waals surface area contributed by atoms with Crippen LogP contribution in [-0.2, 0) is 14.3 Å². The molecular weight excluding hydrogens is 270 g/mol. The molecule has 0 aromatic heterocycles. The molecule has 1 aromatic carbocycles. The van der Waals surface area contributed by atoms with E-state index in [2.05, 4.69) is 16.0 Å². The Balaban J connectivity index is 1.93. The number of hydrogen-bond acceptors (Lipinski definition) is 4. The summed E-state index contributed by atoms with van der Waals surface area (Å²) in [4.78, 5) is 23.6. The van der Waals surface area contributed by atoms with E-state index in [0.717, 1.165) is 13.1 Å². The van der Waals surface area contributed by atoms with Crippen molar-refractivity contribution in [2.75, 3.05) is 37.4 Å². The van der Waals surface area contributed by atoms with Gasteiger partial charge in [-0.15, -0.1) is 0 Å². The number of ether oxygens (including phenoxy) is 1. The number of anilines is 2. The molecule has 1 aliphatic rings. The van der Waals surface area contributed by atoms with E-state index in [1.807, 2.05) is 6.92 Å². The maximum atomic E-state index is 12.1. The van der Waals surface area contributed by atoms with Crippen molar-refractivity contribution in [3.63, 3.8) is 0 Å². The number of carbonyl (C=O) groups is 2. The molecule has 114 valence electrons. The number of hydrogen-bond donors (Lipinski definition) is 3. The zero-order valence-electron chi connectivity index (χ0n) is 12.3. The molecule has 1 aliphatic heterocycles. The number of carbonyl (C=O) groups excluding carboxylic acids is 2. The molecule has 21 heavy (non-hydrogen) atoms. The molecule has 1 saturated heterocycles. The fourth-order valence-electron chi connectivity index (χ4n) is 2.14. The molecular formula is C15H21N3O3. The Labute approximate surface area is 124 Å². The predicted octanol–water partition coefficient (Wildman–Crippen LogP) is 1.07. The fraction of sp³-hybridized carbons (Fsp3) is 0.467. The van der Waals surface area contributed by atoms with Crippen LogP contribution in [0.4, 0.5) is 11.4 Å². The lowest BCUT2D eigenvalue weighted by atomic mass is 9.88. The van der Waals surface area contributed by atoms with Gasteiger partial charge in [0.25, 0.3) is 0 Å². The Morgan fingerprint density at radius 2 is 2.00 bits per heavy atom. The highest BCUT2D eigenvalue weighted by molar-refractivity contribution is 5.95. The average molecular weight is 291 g/mol. The Morgan fingerprint density at radius 1 is 1.33 bits per heavy atom. The summed E-state index contributed by atoms with van der Waals surface area (Å²) in [5, 5.41) is 8.76. The Kier molecular flexibility index (Phi) is 5.30. The highest BCUT2D eigenvalue weighted by atomic mass is 16.5. The topological polar surface area (TPSA) is 79.5 Å². The third-order valence-electron chi connectivity index (χ3n) is 3.62. The second-order valence-corrected chi connectivity index (χ2v) is 5.26. The highest BCUT2D eigenvalue weighted by Gasteiger charge is 2.28. The normalized spacial score (nSPS) is 15.9. The number of amides is 2. The smallest absolute Gasteiger partial charge is 0.250 e. The standard InChI is InChI=1S/C15H21N3O3/c1-10(11-7-16-8-11)15(20)18-13-5-3-4-12(6-13)17-14(19)9-21-2/h3-6,10-11,16H,7-9H2,1-2H3,(H,17,19)(H,18,20). The van der Waals surface area contributed by atoms with Crippen molar-refractivity contribution in [2.45, 2.75) is 6.92 Å². The molecule has 1 heterocycles. The molecule has 6 nitrogen and oxygen atoms in total. The van der Waals surface area contributed by atoms with Crippen LogP contribution >= 0.6 is 0 Å². The van der Waals surface area contributed by atoms with Crippen molar-refractivity contribution in [1.82, 2.24) is 5.32 Å². The van der Waals surface area contributed by atoms with Gasteiger partial charge in [-0.3, -0.25) is 9.59 Å². The maximum absolute atomic E-state index is 12.1. The van der Waals surface area contributed by atoms with E-state index in [0.29, 0.717) is 17.3 Å². The minimum atomic E-state index is -0.227. The monoisotopic (exact) mass is 291 g/mol. The van der Waals surface area contributed by atoms with Crippen molar-refractivity contribution in [1.29, 1.82) is 0 Å². The first-order valence-corrected chi connectivity index (χ1v) is 7.00. The molecule has 3 N–H and O–H groups in total. The van der Waals surface area contributed by atoms with Crippen molar-refractivity contribution in [3.8, 4) is 0 Å². The molecule has 1 aromatic rings. The minimum absolute atomic E-state index is 0.00173. The van der Waals surface area contributed by atoms with Gasteiger partial charge >= 0.3 is 0 Å². The second-order valence-electron chi connectivity index (χ2n) is 5.26. The third kappa shape index (κ3) is 4.27. The van der Waals surface area contributed by atoms with Gasteiger partial charge in [0.15, 0.2) is 0 Å². The summed E-state index contributed by atoms with van der Waals surface area (Å²) in [6, 6.07) is 7.09. The Morgan fingerprint density at radius 3 is 2.57 bits per heavy atom. The lowest BCUT2D eigenvalue weighted by Crippen LogP contribution is -2.48. The molecule has 1 unspecified atom stereocenters. The second kappa shape index (κ2) is 7.19. The zero-order valence-corrected chi connectivity index (χ0v) is 12.3. The van der Waals surface area contributed by atoms with Crippen molar-refractivity contribution >= 4 is 23.2 Å². The van der Waals surface area contributed by atoms with Gasteiger partial charge in [0, 0.05) is 24.4 Å². The summed E-state index contributed by atoms with van der Waals surface area (Å²) < 4.78 is 4.76. The van der Waals surface area contributed by atoms with Crippen LogP contribution in [0.25, 0.3) is 0 Å². The molecule has 0 saturated carbocycles. The first kappa shape index (κ1) is 15.5. The summed E-state index contributed by atoms with van der Waals surface area (Å²) in [6.07, 6.45) is 0. The van der Waals surface area contributed by atoms with Crippen LogP contribution in [-0.4, -0.2) is 38.6 Å². The van der Waals surface area contributed by atoms with Gasteiger partial charge < -0.3 is 20.7 Å². The molecule has 0 spiro atoms. The van der Waals surface area contributed by atoms with E-state index in [1.54, 1.807) is 24.3 Å². The summed E-state index contributed by atoms with van der Waals surface area (Å²) in [6.45, 7) is 3.72. The van der Waals surface area contributed by atoms with E-state index in [9.17, 15) is 9.59 Å². The van der Waals surface area contributed by atoms with Crippen LogP contribution in [0.5, 0.6) is 0 Å². The average Bonchev–Trinajstić information content (AvgIpc) is 2.37. The van der Waals surface area contributed by atoms with Crippen LogP contribution in [0.15, 0.2) is 24.3 Å². The van der Waals surface area contributed by atoms with Crippen LogP contribution < -0.4 is 16.0 Å². The molecule has 0 aliphatic carbocycles. The van der Waals surface area contributed by atoms with Gasteiger partial charge in [0.05, 0.1) is 0 Å². The van der Waals surface area contributed by atoms with E-state index in [1.165, 1.54) is 7.11 Å². The van der Waals surface area contributed by atoms with Crippen molar-refractivity contribution < 1.29 is 14.3 Å². The predicted molar refractivity (Wildman–Crippen MR) is 81.1 cm³/mol.